The molecule has 24 heavy (non-hydrogen) atoms. The monoisotopic (exact) mass is 432 g/mol. The number of aromatic nitrogens is 1. The largest absolute Gasteiger partial charge is 1.00 e. The third kappa shape index (κ3) is 3.03. The zero-order valence-electron chi connectivity index (χ0n) is 13.2. The third-order valence-corrected chi connectivity index (χ3v) is 3.80. The van der Waals surface area contributed by atoms with Crippen LogP contribution in [0.3, 0.4) is 0 Å². The number of fused-ring (bicyclic) bond motifs is 2. The number of ether oxygens (including phenoxy) is 1. The minimum Gasteiger partial charge on any atom is -1.00 e. The Balaban J connectivity index is 0.00000169. The van der Waals surface area contributed by atoms with Gasteiger partial charge < -0.3 is 38.4 Å². The summed E-state index contributed by atoms with van der Waals surface area (Å²) in [6, 6.07) is 15.9. The molecule has 1 aromatic heterocycles. The van der Waals surface area contributed by atoms with E-state index in [0.29, 0.717) is 5.88 Å². The van der Waals surface area contributed by atoms with Gasteiger partial charge in [0.25, 0.3) is 5.52 Å². The fourth-order valence-electron chi connectivity index (χ4n) is 2.73. The van der Waals surface area contributed by atoms with Crippen LogP contribution >= 0.6 is 0 Å². The summed E-state index contributed by atoms with van der Waals surface area (Å²) in [4.78, 5) is 0. The van der Waals surface area contributed by atoms with Crippen LogP contribution in [0.5, 0.6) is 5.75 Å². The summed E-state index contributed by atoms with van der Waals surface area (Å²) in [6.45, 7) is 2.96. The second-order valence-corrected chi connectivity index (χ2v) is 5.27. The molecule has 0 bridgehead atoms. The van der Waals surface area contributed by atoms with Crippen molar-refractivity contribution in [3.05, 3.63) is 72.5 Å². The van der Waals surface area contributed by atoms with Crippen molar-refractivity contribution in [2.75, 3.05) is 5.32 Å². The van der Waals surface area contributed by atoms with Gasteiger partial charge in [-0.2, -0.15) is 4.57 Å². The van der Waals surface area contributed by atoms with E-state index in [1.165, 1.54) is 0 Å². The second-order valence-electron chi connectivity index (χ2n) is 5.27. The smallest absolute Gasteiger partial charge is 0.374 e. The van der Waals surface area contributed by atoms with Gasteiger partial charge in [0.05, 0.1) is 11.8 Å². The number of oxazole rings is 1. The number of allylic oxidation sites excluding steroid dienone is 2. The van der Waals surface area contributed by atoms with E-state index in [-0.39, 0.29) is 24.0 Å². The number of aryl methyl sites for hydroxylation is 1. The number of benzene rings is 2. The van der Waals surface area contributed by atoms with Crippen LogP contribution in [-0.2, 0) is 6.54 Å². The van der Waals surface area contributed by atoms with Gasteiger partial charge in [-0.15, -0.1) is 0 Å². The molecule has 3 aromatic rings. The first-order valence-corrected chi connectivity index (χ1v) is 7.69. The van der Waals surface area contributed by atoms with Crippen molar-refractivity contribution in [3.63, 3.8) is 0 Å². The molecule has 0 saturated carbocycles. The van der Waals surface area contributed by atoms with E-state index in [1.807, 2.05) is 60.7 Å². The summed E-state index contributed by atoms with van der Waals surface area (Å²) in [7, 11) is 0. The van der Waals surface area contributed by atoms with Crippen LogP contribution in [0.1, 0.15) is 12.8 Å². The van der Waals surface area contributed by atoms with E-state index in [2.05, 4.69) is 22.9 Å². The van der Waals surface area contributed by atoms with Crippen LogP contribution in [0.15, 0.2) is 71.0 Å². The van der Waals surface area contributed by atoms with Crippen molar-refractivity contribution in [2.45, 2.75) is 13.5 Å². The van der Waals surface area contributed by atoms with Crippen LogP contribution < -0.4 is 38.6 Å². The van der Waals surface area contributed by atoms with Crippen LogP contribution in [0.2, 0.25) is 0 Å². The number of nitrogens with zero attached hydrogens (tertiary/aromatic N) is 1. The lowest BCUT2D eigenvalue weighted by molar-refractivity contribution is -0.674. The first-order valence-electron chi connectivity index (χ1n) is 7.69. The van der Waals surface area contributed by atoms with Gasteiger partial charge in [-0.05, 0) is 37.3 Å². The summed E-state index contributed by atoms with van der Waals surface area (Å²) in [5.74, 6) is 2.38. The molecule has 1 N–H and O–H groups in total. The summed E-state index contributed by atoms with van der Waals surface area (Å²) >= 11 is 0. The molecule has 2 aromatic carbocycles. The lowest BCUT2D eigenvalue weighted by Gasteiger charge is -1.94. The molecule has 0 spiro atoms. The molecular formula is C19H17IN2O2. The molecule has 0 fully saturated rings. The number of halogens is 1. The lowest BCUT2D eigenvalue weighted by Crippen LogP contribution is -3.00. The predicted octanol–water partition coefficient (Wildman–Crippen LogP) is 1.10. The van der Waals surface area contributed by atoms with Crippen LogP contribution in [0.4, 0.5) is 5.69 Å². The molecule has 1 aliphatic rings. The van der Waals surface area contributed by atoms with Crippen molar-refractivity contribution >= 4 is 22.9 Å². The molecule has 0 radical (unpaired) electrons. The third-order valence-electron chi connectivity index (χ3n) is 3.80. The van der Waals surface area contributed by atoms with Gasteiger partial charge in [0.1, 0.15) is 6.54 Å². The molecule has 0 saturated heterocycles. The maximum absolute atomic E-state index is 5.90. The molecule has 2 heterocycles. The minimum absolute atomic E-state index is 0. The van der Waals surface area contributed by atoms with Crippen LogP contribution in [-0.4, -0.2) is 0 Å². The van der Waals surface area contributed by atoms with Gasteiger partial charge in [-0.3, -0.25) is 0 Å². The molecule has 0 amide bonds. The number of anilines is 1. The van der Waals surface area contributed by atoms with E-state index < -0.39 is 0 Å². The Morgan fingerprint density at radius 2 is 1.88 bits per heavy atom. The summed E-state index contributed by atoms with van der Waals surface area (Å²) < 4.78 is 13.8. The van der Waals surface area contributed by atoms with Crippen molar-refractivity contribution in [1.82, 2.24) is 0 Å². The van der Waals surface area contributed by atoms with Gasteiger partial charge in [0, 0.05) is 6.07 Å². The van der Waals surface area contributed by atoms with Gasteiger partial charge in [-0.1, -0.05) is 24.3 Å². The predicted molar refractivity (Wildman–Crippen MR) is 89.9 cm³/mol. The highest BCUT2D eigenvalue weighted by Gasteiger charge is 2.18. The first kappa shape index (κ1) is 16.6. The summed E-state index contributed by atoms with van der Waals surface area (Å²) in [5, 5.41) is 3.23. The second kappa shape index (κ2) is 7.09. The fraction of sp³-hybridized carbons (Fsp3) is 0.105. The van der Waals surface area contributed by atoms with E-state index in [4.69, 9.17) is 9.15 Å². The van der Waals surface area contributed by atoms with Crippen LogP contribution in [0.25, 0.3) is 17.2 Å². The molecule has 5 heteroatoms. The standard InChI is InChI=1S/C19H16N2O2.HI/c1-2-21-15-9-4-6-11-17(15)23-19(21)13-7-12-18-20-14-8-3-5-10-16(14)22-18;/h3-13H,2H2,1H3;1H. The Hall–Kier alpha value is -2.28. The number of para-hydroxylation sites is 4. The molecule has 4 rings (SSSR count). The highest BCUT2D eigenvalue weighted by molar-refractivity contribution is 5.69. The average Bonchev–Trinajstić information content (AvgIpc) is 3.14. The molecule has 122 valence electrons. The SMILES string of the molecule is CC[n+]1c(C=CC=C2Nc3ccccc3O2)oc2ccccc21.[I-]. The minimum atomic E-state index is 0. The Bertz CT molecular complexity index is 901. The molecule has 4 nitrogen and oxygen atoms in total. The fourth-order valence-corrected chi connectivity index (χ4v) is 2.73. The maximum atomic E-state index is 5.90. The molecular weight excluding hydrogens is 415 g/mol. The van der Waals surface area contributed by atoms with Crippen molar-refractivity contribution in [1.29, 1.82) is 0 Å². The molecule has 0 unspecified atom stereocenters. The van der Waals surface area contributed by atoms with E-state index in [1.54, 1.807) is 0 Å². The lowest BCUT2D eigenvalue weighted by atomic mass is 10.3. The number of nitrogens with one attached hydrogen (secondary N) is 1. The molecule has 0 aliphatic carbocycles. The van der Waals surface area contributed by atoms with Crippen molar-refractivity contribution < 1.29 is 37.7 Å². The maximum Gasteiger partial charge on any atom is 0.374 e. The van der Waals surface area contributed by atoms with Gasteiger partial charge in [0.15, 0.2) is 11.6 Å². The quantitative estimate of drug-likeness (QED) is 0.498. The molecule has 1 aliphatic heterocycles. The number of hydrogen-bond donors (Lipinski definition) is 1. The van der Waals surface area contributed by atoms with Gasteiger partial charge >= 0.3 is 5.89 Å². The Labute approximate surface area is 157 Å². The molecule has 0 atom stereocenters. The normalized spacial score (nSPS) is 14.5. The zero-order valence-corrected chi connectivity index (χ0v) is 15.4. The average molecular weight is 432 g/mol. The van der Waals surface area contributed by atoms with Crippen molar-refractivity contribution in [3.8, 4) is 5.75 Å². The Kier molecular flexibility index (Phi) is 4.89. The number of hydrogen-bond acceptors (Lipinski definition) is 3. The number of rotatable bonds is 3. The van der Waals surface area contributed by atoms with E-state index in [0.717, 1.165) is 35.0 Å². The highest BCUT2D eigenvalue weighted by Crippen LogP contribution is 2.32. The zero-order chi connectivity index (χ0) is 15.6. The van der Waals surface area contributed by atoms with E-state index in [9.17, 15) is 0 Å². The van der Waals surface area contributed by atoms with E-state index >= 15 is 0 Å². The topological polar surface area (TPSA) is 38.3 Å². The van der Waals surface area contributed by atoms with Gasteiger partial charge in [0.2, 0.25) is 5.58 Å². The Morgan fingerprint density at radius 1 is 1.08 bits per heavy atom. The van der Waals surface area contributed by atoms with Crippen LogP contribution in [0, 0.1) is 0 Å². The first-order chi connectivity index (χ1) is 11.3. The van der Waals surface area contributed by atoms with Crippen molar-refractivity contribution in [2.24, 2.45) is 0 Å². The summed E-state index contributed by atoms with van der Waals surface area (Å²) in [5.41, 5.74) is 2.98. The summed E-state index contributed by atoms with van der Waals surface area (Å²) in [6.07, 6.45) is 5.77. The highest BCUT2D eigenvalue weighted by atomic mass is 127. The van der Waals surface area contributed by atoms with Gasteiger partial charge in [-0.25, -0.2) is 0 Å². The Morgan fingerprint density at radius 3 is 2.71 bits per heavy atom.